The summed E-state index contributed by atoms with van der Waals surface area (Å²) in [7, 11) is 0. The van der Waals surface area contributed by atoms with Crippen LogP contribution in [0.15, 0.2) is 72.4 Å². The summed E-state index contributed by atoms with van der Waals surface area (Å²) in [5.74, 6) is -1.47. The van der Waals surface area contributed by atoms with Crippen LogP contribution >= 0.6 is 0 Å². The predicted octanol–water partition coefficient (Wildman–Crippen LogP) is 4.63. The van der Waals surface area contributed by atoms with Crippen molar-refractivity contribution in [2.75, 3.05) is 0 Å². The van der Waals surface area contributed by atoms with Crippen molar-refractivity contribution in [3.8, 4) is 0 Å². The number of benzene rings is 2. The topological polar surface area (TPSA) is 70.5 Å². The third-order valence-corrected chi connectivity index (χ3v) is 5.86. The largest absolute Gasteiger partial charge is 0.507 e. The number of rotatable bonds is 4. The lowest BCUT2D eigenvalue weighted by Gasteiger charge is -2.26. The quantitative estimate of drug-likeness (QED) is 0.385. The standard InChI is InChI=1S/C26H24N2O3/c1-16-11-12-19(14-18(16)3)24(29)22-23(21-10-5-4-8-17(21)2)28(26(31)25(22)30)15-20-9-6-7-13-27-20/h4-14,23,29H,15H2,1-3H3/b24-22+. The van der Waals surface area contributed by atoms with Crippen molar-refractivity contribution in [2.45, 2.75) is 33.4 Å². The van der Waals surface area contributed by atoms with Crippen LogP contribution in [0.5, 0.6) is 0 Å². The fourth-order valence-electron chi connectivity index (χ4n) is 3.97. The lowest BCUT2D eigenvalue weighted by Crippen LogP contribution is -2.29. The molecule has 0 saturated carbocycles. The summed E-state index contributed by atoms with van der Waals surface area (Å²) < 4.78 is 0. The Morgan fingerprint density at radius 1 is 0.935 bits per heavy atom. The fraction of sp³-hybridized carbons (Fsp3) is 0.192. The first kappa shape index (κ1) is 20.5. The molecule has 31 heavy (non-hydrogen) atoms. The Morgan fingerprint density at radius 3 is 2.35 bits per heavy atom. The zero-order valence-electron chi connectivity index (χ0n) is 17.8. The molecule has 1 saturated heterocycles. The Bertz CT molecular complexity index is 1200. The number of aliphatic hydroxyl groups excluding tert-OH is 1. The van der Waals surface area contributed by atoms with Crippen LogP contribution in [0.4, 0.5) is 0 Å². The summed E-state index contributed by atoms with van der Waals surface area (Å²) in [4.78, 5) is 32.0. The van der Waals surface area contributed by atoms with E-state index in [0.29, 0.717) is 11.3 Å². The molecular formula is C26H24N2O3. The van der Waals surface area contributed by atoms with Crippen molar-refractivity contribution < 1.29 is 14.7 Å². The van der Waals surface area contributed by atoms with E-state index in [4.69, 9.17) is 0 Å². The number of aliphatic hydroxyl groups is 1. The molecule has 1 fully saturated rings. The number of carbonyl (C=O) groups excluding carboxylic acids is 2. The molecule has 1 aliphatic heterocycles. The van der Waals surface area contributed by atoms with Gasteiger partial charge in [-0.25, -0.2) is 0 Å². The molecule has 1 unspecified atom stereocenters. The maximum absolute atomic E-state index is 13.1. The molecule has 0 bridgehead atoms. The highest BCUT2D eigenvalue weighted by molar-refractivity contribution is 6.46. The van der Waals surface area contributed by atoms with Crippen LogP contribution in [-0.2, 0) is 16.1 Å². The van der Waals surface area contributed by atoms with Crippen LogP contribution in [-0.4, -0.2) is 26.7 Å². The molecule has 0 radical (unpaired) electrons. The maximum atomic E-state index is 13.1. The van der Waals surface area contributed by atoms with Gasteiger partial charge in [-0.1, -0.05) is 42.5 Å². The number of hydrogen-bond acceptors (Lipinski definition) is 4. The Morgan fingerprint density at radius 2 is 1.68 bits per heavy atom. The van der Waals surface area contributed by atoms with Gasteiger partial charge in [-0.15, -0.1) is 0 Å². The number of aryl methyl sites for hydroxylation is 3. The van der Waals surface area contributed by atoms with Crippen molar-refractivity contribution in [1.82, 2.24) is 9.88 Å². The summed E-state index contributed by atoms with van der Waals surface area (Å²) in [5.41, 5.74) is 5.14. The fourth-order valence-corrected chi connectivity index (χ4v) is 3.97. The Labute approximate surface area is 181 Å². The molecule has 0 aliphatic carbocycles. The van der Waals surface area contributed by atoms with Gasteiger partial charge in [-0.05, 0) is 61.2 Å². The third-order valence-electron chi connectivity index (χ3n) is 5.86. The Balaban J connectivity index is 1.90. The smallest absolute Gasteiger partial charge is 0.296 e. The molecule has 4 rings (SSSR count). The Hall–Kier alpha value is -3.73. The first-order valence-corrected chi connectivity index (χ1v) is 10.2. The highest BCUT2D eigenvalue weighted by atomic mass is 16.3. The first-order chi connectivity index (χ1) is 14.9. The highest BCUT2D eigenvalue weighted by Gasteiger charge is 2.46. The second-order valence-corrected chi connectivity index (χ2v) is 7.90. The van der Waals surface area contributed by atoms with Crippen molar-refractivity contribution in [1.29, 1.82) is 0 Å². The van der Waals surface area contributed by atoms with Gasteiger partial charge in [0.1, 0.15) is 5.76 Å². The van der Waals surface area contributed by atoms with Crippen LogP contribution in [0.1, 0.15) is 39.6 Å². The number of carbonyl (C=O) groups is 2. The van der Waals surface area contributed by atoms with Gasteiger partial charge in [-0.2, -0.15) is 0 Å². The molecule has 3 aromatic rings. The van der Waals surface area contributed by atoms with Gasteiger partial charge >= 0.3 is 0 Å². The SMILES string of the molecule is Cc1ccc(/C(O)=C2\C(=O)C(=O)N(Cc3ccccn3)C2c2ccccc2C)cc1C. The maximum Gasteiger partial charge on any atom is 0.296 e. The van der Waals surface area contributed by atoms with Crippen LogP contribution < -0.4 is 0 Å². The van der Waals surface area contributed by atoms with Crippen LogP contribution in [0, 0.1) is 20.8 Å². The van der Waals surface area contributed by atoms with E-state index in [1.165, 1.54) is 4.90 Å². The minimum atomic E-state index is -0.690. The van der Waals surface area contributed by atoms with Gasteiger partial charge in [0, 0.05) is 11.8 Å². The van der Waals surface area contributed by atoms with E-state index >= 15 is 0 Å². The molecule has 156 valence electrons. The van der Waals surface area contributed by atoms with Gasteiger partial charge in [0.25, 0.3) is 11.7 Å². The number of aromatic nitrogens is 1. The van der Waals surface area contributed by atoms with Gasteiger partial charge in [-0.3, -0.25) is 14.6 Å². The second-order valence-electron chi connectivity index (χ2n) is 7.90. The molecular weight excluding hydrogens is 388 g/mol. The predicted molar refractivity (Wildman–Crippen MR) is 119 cm³/mol. The van der Waals surface area contributed by atoms with Crippen LogP contribution in [0.3, 0.4) is 0 Å². The molecule has 5 heteroatoms. The summed E-state index contributed by atoms with van der Waals surface area (Å²) in [6, 6.07) is 17.9. The normalized spacial score (nSPS) is 17.9. The van der Waals surface area contributed by atoms with E-state index in [1.54, 1.807) is 18.3 Å². The van der Waals surface area contributed by atoms with E-state index in [-0.39, 0.29) is 17.9 Å². The van der Waals surface area contributed by atoms with Gasteiger partial charge < -0.3 is 10.0 Å². The van der Waals surface area contributed by atoms with E-state index in [9.17, 15) is 14.7 Å². The number of nitrogens with zero attached hydrogens (tertiary/aromatic N) is 2. The number of pyridine rings is 1. The number of amides is 1. The van der Waals surface area contributed by atoms with E-state index in [0.717, 1.165) is 22.3 Å². The summed E-state index contributed by atoms with van der Waals surface area (Å²) in [6.45, 7) is 6.04. The summed E-state index contributed by atoms with van der Waals surface area (Å²) in [6.07, 6.45) is 1.66. The van der Waals surface area contributed by atoms with Crippen molar-refractivity contribution in [2.24, 2.45) is 0 Å². The molecule has 1 atom stereocenters. The van der Waals surface area contributed by atoms with Gasteiger partial charge in [0.2, 0.25) is 0 Å². The molecule has 1 N–H and O–H groups in total. The molecule has 2 aromatic carbocycles. The van der Waals surface area contributed by atoms with Gasteiger partial charge in [0.05, 0.1) is 23.9 Å². The lowest BCUT2D eigenvalue weighted by molar-refractivity contribution is -0.140. The van der Waals surface area contributed by atoms with Gasteiger partial charge in [0.15, 0.2) is 0 Å². The molecule has 1 aromatic heterocycles. The lowest BCUT2D eigenvalue weighted by atomic mass is 9.92. The van der Waals surface area contributed by atoms with Crippen molar-refractivity contribution in [3.05, 3.63) is 106 Å². The average molecular weight is 412 g/mol. The summed E-state index contributed by atoms with van der Waals surface area (Å²) >= 11 is 0. The first-order valence-electron chi connectivity index (χ1n) is 10.2. The minimum absolute atomic E-state index is 0.110. The number of likely N-dealkylation sites (tertiary alicyclic amines) is 1. The van der Waals surface area contributed by atoms with Crippen molar-refractivity contribution >= 4 is 17.4 Å². The molecule has 1 aliphatic rings. The van der Waals surface area contributed by atoms with Crippen molar-refractivity contribution in [3.63, 3.8) is 0 Å². The zero-order chi connectivity index (χ0) is 22.1. The molecule has 1 amide bonds. The van der Waals surface area contributed by atoms with E-state index in [2.05, 4.69) is 4.98 Å². The average Bonchev–Trinajstić information content (AvgIpc) is 3.01. The monoisotopic (exact) mass is 412 g/mol. The number of Topliss-reactive ketones (excluding diaryl/α,β-unsaturated/α-hetero) is 1. The Kier molecular flexibility index (Phi) is 5.42. The number of hydrogen-bond donors (Lipinski definition) is 1. The van der Waals surface area contributed by atoms with E-state index < -0.39 is 17.7 Å². The summed E-state index contributed by atoms with van der Waals surface area (Å²) in [5, 5.41) is 11.2. The highest BCUT2D eigenvalue weighted by Crippen LogP contribution is 2.41. The third kappa shape index (κ3) is 3.75. The van der Waals surface area contributed by atoms with Crippen LogP contribution in [0.25, 0.3) is 5.76 Å². The number of ketones is 1. The second kappa shape index (κ2) is 8.19. The zero-order valence-corrected chi connectivity index (χ0v) is 17.8. The molecule has 5 nitrogen and oxygen atoms in total. The molecule has 0 spiro atoms. The van der Waals surface area contributed by atoms with Crippen LogP contribution in [0.2, 0.25) is 0 Å². The minimum Gasteiger partial charge on any atom is -0.507 e. The molecule has 2 heterocycles. The van der Waals surface area contributed by atoms with E-state index in [1.807, 2.05) is 69.3 Å².